The molecular formula is C17H21BF4S. The lowest BCUT2D eigenvalue weighted by Gasteiger charge is -2.07. The van der Waals surface area contributed by atoms with Gasteiger partial charge >= 0.3 is 7.25 Å². The Morgan fingerprint density at radius 2 is 1.13 bits per heavy atom. The van der Waals surface area contributed by atoms with E-state index in [4.69, 9.17) is 0 Å². The highest BCUT2D eigenvalue weighted by Gasteiger charge is 2.23. The first-order valence-corrected chi connectivity index (χ1v) is 8.99. The molecule has 6 heteroatoms. The lowest BCUT2D eigenvalue weighted by Crippen LogP contribution is -2.08. The van der Waals surface area contributed by atoms with Gasteiger partial charge in [0, 0.05) is 0 Å². The zero-order valence-corrected chi connectivity index (χ0v) is 13.9. The van der Waals surface area contributed by atoms with Gasteiger partial charge in [-0.3, -0.25) is 0 Å². The van der Waals surface area contributed by atoms with Crippen molar-refractivity contribution in [2.75, 3.05) is 5.75 Å². The number of hydrogen-bond acceptors (Lipinski definition) is 0. The van der Waals surface area contributed by atoms with Crippen LogP contribution in [0.4, 0.5) is 17.3 Å². The second-order valence-electron chi connectivity index (χ2n) is 4.92. The molecule has 0 unspecified atom stereocenters. The Balaban J connectivity index is 0.000000463. The molecule has 0 heterocycles. The maximum absolute atomic E-state index is 9.75. The van der Waals surface area contributed by atoms with Crippen molar-refractivity contribution in [2.45, 2.75) is 36.0 Å². The first-order chi connectivity index (χ1) is 10.9. The highest BCUT2D eigenvalue weighted by Crippen LogP contribution is 2.24. The van der Waals surface area contributed by atoms with E-state index in [-0.39, 0.29) is 10.9 Å². The molecule has 0 N–H and O–H groups in total. The van der Waals surface area contributed by atoms with E-state index < -0.39 is 7.25 Å². The van der Waals surface area contributed by atoms with Gasteiger partial charge in [0.1, 0.15) is 5.75 Å². The minimum Gasteiger partial charge on any atom is -0.418 e. The highest BCUT2D eigenvalue weighted by atomic mass is 32.2. The third-order valence-corrected chi connectivity index (χ3v) is 5.39. The Morgan fingerprint density at radius 3 is 1.48 bits per heavy atom. The average Bonchev–Trinajstić information content (AvgIpc) is 2.52. The van der Waals surface area contributed by atoms with Crippen LogP contribution in [0.25, 0.3) is 0 Å². The third-order valence-electron chi connectivity index (χ3n) is 3.01. The Bertz CT molecular complexity index is 486. The lowest BCUT2D eigenvalue weighted by atomic mass is 10.3. The number of halogens is 4. The summed E-state index contributed by atoms with van der Waals surface area (Å²) < 4.78 is 39.0. The Labute approximate surface area is 138 Å². The zero-order chi connectivity index (χ0) is 17.1. The average molecular weight is 344 g/mol. The first-order valence-electron chi connectivity index (χ1n) is 7.60. The normalized spacial score (nSPS) is 11.0. The molecule has 0 nitrogen and oxygen atoms in total. The van der Waals surface area contributed by atoms with Crippen LogP contribution < -0.4 is 0 Å². The monoisotopic (exact) mass is 344 g/mol. The molecule has 2 aromatic carbocycles. The number of unbranched alkanes of at least 4 members (excludes halogenated alkanes) is 2. The fourth-order valence-electron chi connectivity index (χ4n) is 2.04. The largest absolute Gasteiger partial charge is 0.673 e. The van der Waals surface area contributed by atoms with Crippen molar-refractivity contribution in [3.8, 4) is 0 Å². The van der Waals surface area contributed by atoms with E-state index in [2.05, 4.69) is 67.6 Å². The van der Waals surface area contributed by atoms with Gasteiger partial charge in [-0.15, -0.1) is 0 Å². The SMILES string of the molecule is CCCCC[S+](c1ccccc1)c1ccccc1.F[B-](F)(F)F. The third kappa shape index (κ3) is 9.34. The molecule has 0 aliphatic rings. The Hall–Kier alpha value is -1.43. The number of hydrogen-bond donors (Lipinski definition) is 0. The van der Waals surface area contributed by atoms with E-state index in [1.807, 2.05) is 0 Å². The summed E-state index contributed by atoms with van der Waals surface area (Å²) in [5.74, 6) is 1.28. The van der Waals surface area contributed by atoms with Gasteiger partial charge in [-0.1, -0.05) is 49.7 Å². The van der Waals surface area contributed by atoms with Crippen LogP contribution >= 0.6 is 0 Å². The maximum atomic E-state index is 9.75. The summed E-state index contributed by atoms with van der Waals surface area (Å²) in [6, 6.07) is 21.9. The van der Waals surface area contributed by atoms with Crippen LogP contribution in [0.2, 0.25) is 0 Å². The van der Waals surface area contributed by atoms with E-state index in [9.17, 15) is 17.3 Å². The van der Waals surface area contributed by atoms with E-state index in [1.165, 1.54) is 34.8 Å². The molecular weight excluding hydrogens is 323 g/mol. The van der Waals surface area contributed by atoms with Crippen LogP contribution in [0, 0.1) is 0 Å². The van der Waals surface area contributed by atoms with Crippen molar-refractivity contribution in [3.63, 3.8) is 0 Å². The van der Waals surface area contributed by atoms with Crippen molar-refractivity contribution in [1.82, 2.24) is 0 Å². The predicted octanol–water partition coefficient (Wildman–Crippen LogP) is 6.21. The Kier molecular flexibility index (Phi) is 8.85. The Morgan fingerprint density at radius 1 is 0.739 bits per heavy atom. The summed E-state index contributed by atoms with van der Waals surface area (Å²) in [4.78, 5) is 2.94. The predicted molar refractivity (Wildman–Crippen MR) is 91.4 cm³/mol. The van der Waals surface area contributed by atoms with Gasteiger partial charge in [0.2, 0.25) is 0 Å². The van der Waals surface area contributed by atoms with Gasteiger partial charge in [0.15, 0.2) is 9.79 Å². The van der Waals surface area contributed by atoms with Gasteiger partial charge in [-0.25, -0.2) is 0 Å². The molecule has 0 saturated heterocycles. The van der Waals surface area contributed by atoms with Crippen LogP contribution in [0.15, 0.2) is 70.5 Å². The minimum atomic E-state index is -6.00. The van der Waals surface area contributed by atoms with Crippen molar-refractivity contribution in [1.29, 1.82) is 0 Å². The standard InChI is InChI=1S/C17H21S.BF4/c1-2-3-10-15-18(16-11-6-4-7-12-16)17-13-8-5-9-14-17;2-1(3,4)5/h4-9,11-14H,2-3,10,15H2,1H3;/q+1;-1. The van der Waals surface area contributed by atoms with Crippen molar-refractivity contribution >= 4 is 18.1 Å². The molecule has 0 spiro atoms. The molecule has 0 aliphatic heterocycles. The molecule has 2 aromatic rings. The molecule has 0 fully saturated rings. The number of rotatable bonds is 6. The first kappa shape index (κ1) is 19.6. The zero-order valence-electron chi connectivity index (χ0n) is 13.1. The fourth-order valence-corrected chi connectivity index (χ4v) is 4.25. The van der Waals surface area contributed by atoms with Crippen molar-refractivity contribution < 1.29 is 17.3 Å². The van der Waals surface area contributed by atoms with Gasteiger partial charge in [0.25, 0.3) is 0 Å². The van der Waals surface area contributed by atoms with E-state index in [0.717, 1.165) is 0 Å². The van der Waals surface area contributed by atoms with Gasteiger partial charge in [-0.05, 0) is 37.1 Å². The van der Waals surface area contributed by atoms with Crippen LogP contribution in [-0.4, -0.2) is 13.0 Å². The van der Waals surface area contributed by atoms with Gasteiger partial charge < -0.3 is 17.3 Å². The van der Waals surface area contributed by atoms with E-state index in [0.29, 0.717) is 0 Å². The lowest BCUT2D eigenvalue weighted by molar-refractivity contribution is 0.368. The van der Waals surface area contributed by atoms with Crippen LogP contribution in [0.1, 0.15) is 26.2 Å². The van der Waals surface area contributed by atoms with E-state index >= 15 is 0 Å². The molecule has 23 heavy (non-hydrogen) atoms. The van der Waals surface area contributed by atoms with Crippen molar-refractivity contribution in [2.24, 2.45) is 0 Å². The quantitative estimate of drug-likeness (QED) is 0.253. The summed E-state index contributed by atoms with van der Waals surface area (Å²) in [5, 5.41) is 0. The van der Waals surface area contributed by atoms with Crippen molar-refractivity contribution in [3.05, 3.63) is 60.7 Å². The topological polar surface area (TPSA) is 0 Å². The molecule has 0 saturated carbocycles. The molecule has 126 valence electrons. The summed E-state index contributed by atoms with van der Waals surface area (Å²) in [7, 11) is -5.75. The van der Waals surface area contributed by atoms with Crippen LogP contribution in [0.5, 0.6) is 0 Å². The smallest absolute Gasteiger partial charge is 0.418 e. The molecule has 0 bridgehead atoms. The fraction of sp³-hybridized carbons (Fsp3) is 0.294. The molecule has 2 rings (SSSR count). The second kappa shape index (κ2) is 10.4. The molecule has 0 amide bonds. The summed E-state index contributed by atoms with van der Waals surface area (Å²) in [6.07, 6.45) is 3.95. The second-order valence-corrected chi connectivity index (χ2v) is 7.06. The summed E-state index contributed by atoms with van der Waals surface area (Å²) in [6.45, 7) is 2.27. The molecule has 0 aromatic heterocycles. The molecule has 0 radical (unpaired) electrons. The highest BCUT2D eigenvalue weighted by molar-refractivity contribution is 7.97. The van der Waals surface area contributed by atoms with Gasteiger partial charge in [0.05, 0.1) is 10.9 Å². The van der Waals surface area contributed by atoms with E-state index in [1.54, 1.807) is 0 Å². The maximum Gasteiger partial charge on any atom is 0.673 e. The van der Waals surface area contributed by atoms with Crippen LogP contribution in [-0.2, 0) is 10.9 Å². The minimum absolute atomic E-state index is 0.247. The summed E-state index contributed by atoms with van der Waals surface area (Å²) in [5.41, 5.74) is 0. The molecule has 0 atom stereocenters. The molecule has 0 aliphatic carbocycles. The van der Waals surface area contributed by atoms with Crippen LogP contribution in [0.3, 0.4) is 0 Å². The summed E-state index contributed by atoms with van der Waals surface area (Å²) >= 11 is 0. The number of benzene rings is 2. The van der Waals surface area contributed by atoms with Gasteiger partial charge in [-0.2, -0.15) is 0 Å².